The van der Waals surface area contributed by atoms with E-state index in [1.165, 1.54) is 5.56 Å². The van der Waals surface area contributed by atoms with Gasteiger partial charge in [-0.2, -0.15) is 0 Å². The minimum Gasteiger partial charge on any atom is -0.379 e. The molecule has 0 radical (unpaired) electrons. The fraction of sp³-hybridized carbons (Fsp3) is 0.696. The third kappa shape index (κ3) is 3.40. The van der Waals surface area contributed by atoms with Crippen LogP contribution in [0.3, 0.4) is 0 Å². The smallest absolute Gasteiger partial charge is 0.227 e. The van der Waals surface area contributed by atoms with Crippen LogP contribution >= 0.6 is 0 Å². The molecule has 0 N–H and O–H groups in total. The van der Waals surface area contributed by atoms with Crippen LogP contribution in [0.15, 0.2) is 30.3 Å². The van der Waals surface area contributed by atoms with E-state index in [2.05, 4.69) is 40.7 Å². The fourth-order valence-corrected chi connectivity index (χ4v) is 6.00. The second-order valence-electron chi connectivity index (χ2n) is 9.84. The minimum absolute atomic E-state index is 0.0509. The Hall–Kier alpha value is -1.47. The zero-order valence-corrected chi connectivity index (χ0v) is 17.7. The van der Waals surface area contributed by atoms with Crippen molar-refractivity contribution in [3.63, 3.8) is 0 Å². The van der Waals surface area contributed by atoms with Crippen molar-refractivity contribution < 1.29 is 14.3 Å². The van der Waals surface area contributed by atoms with Crippen LogP contribution in [0, 0.1) is 5.41 Å². The molecule has 158 valence electrons. The summed E-state index contributed by atoms with van der Waals surface area (Å²) in [5.74, 6) is 0.247. The Labute approximate surface area is 173 Å². The average molecular weight is 400 g/mol. The molecule has 6 nitrogen and oxygen atoms in total. The summed E-state index contributed by atoms with van der Waals surface area (Å²) in [6.07, 6.45) is 1.50. The maximum absolute atomic E-state index is 13.1. The number of morpholine rings is 1. The number of likely N-dealkylation sites (tertiary alicyclic amines) is 1. The summed E-state index contributed by atoms with van der Waals surface area (Å²) in [4.78, 5) is 20.2. The maximum Gasteiger partial charge on any atom is 0.227 e. The van der Waals surface area contributed by atoms with Crippen LogP contribution in [0.25, 0.3) is 0 Å². The first-order chi connectivity index (χ1) is 14.0. The van der Waals surface area contributed by atoms with Gasteiger partial charge in [-0.05, 0) is 11.0 Å². The van der Waals surface area contributed by atoms with Crippen molar-refractivity contribution in [2.75, 3.05) is 52.5 Å². The summed E-state index contributed by atoms with van der Waals surface area (Å²) in [5, 5.41) is 0. The van der Waals surface area contributed by atoms with E-state index >= 15 is 0 Å². The highest BCUT2D eigenvalue weighted by Crippen LogP contribution is 2.51. The molecule has 4 aliphatic rings. The summed E-state index contributed by atoms with van der Waals surface area (Å²) in [5.41, 5.74) is 0.924. The Balaban J connectivity index is 1.31. The van der Waals surface area contributed by atoms with Crippen molar-refractivity contribution in [1.82, 2.24) is 14.7 Å². The first kappa shape index (κ1) is 19.5. The molecule has 0 aliphatic carbocycles. The molecule has 4 aliphatic heterocycles. The minimum atomic E-state index is -0.424. The van der Waals surface area contributed by atoms with Crippen LogP contribution < -0.4 is 0 Å². The van der Waals surface area contributed by atoms with E-state index in [0.717, 1.165) is 52.4 Å². The number of hydrogen-bond donors (Lipinski definition) is 0. The highest BCUT2D eigenvalue weighted by Gasteiger charge is 2.64. The first-order valence-corrected chi connectivity index (χ1v) is 11.0. The number of ether oxygens (including phenoxy) is 2. The standard InChI is InChI=1S/C23H33N3O3/c1-22(2,16-24-10-12-28-13-11-24)17-25-9-8-23-20(25)14-21(27)26(23)19(15-29-23)18-6-4-3-5-7-18/h3-7,19-20H,8-17H2,1-2H3/t19-,20+,23-/m0/s1. The largest absolute Gasteiger partial charge is 0.379 e. The zero-order chi connectivity index (χ0) is 20.1. The normalized spacial score (nSPS) is 33.3. The Bertz CT molecular complexity index is 749. The van der Waals surface area contributed by atoms with Crippen molar-refractivity contribution in [2.45, 2.75) is 44.5 Å². The van der Waals surface area contributed by atoms with Gasteiger partial charge in [0.05, 0.1) is 31.9 Å². The quantitative estimate of drug-likeness (QED) is 0.759. The number of carbonyl (C=O) groups is 1. The summed E-state index contributed by atoms with van der Waals surface area (Å²) < 4.78 is 12.0. The molecule has 1 amide bonds. The summed E-state index contributed by atoms with van der Waals surface area (Å²) in [6.45, 7) is 12.1. The van der Waals surface area contributed by atoms with Gasteiger partial charge in [0.2, 0.25) is 5.91 Å². The van der Waals surface area contributed by atoms with Gasteiger partial charge in [-0.3, -0.25) is 14.6 Å². The summed E-state index contributed by atoms with van der Waals surface area (Å²) >= 11 is 0. The lowest BCUT2D eigenvalue weighted by Gasteiger charge is -2.39. The molecule has 3 atom stereocenters. The van der Waals surface area contributed by atoms with Crippen molar-refractivity contribution >= 4 is 5.91 Å². The lowest BCUT2D eigenvalue weighted by molar-refractivity contribution is -0.138. The van der Waals surface area contributed by atoms with Crippen LogP contribution in [0.4, 0.5) is 0 Å². The van der Waals surface area contributed by atoms with Crippen molar-refractivity contribution in [1.29, 1.82) is 0 Å². The third-order valence-electron chi connectivity index (χ3n) is 7.14. The van der Waals surface area contributed by atoms with Gasteiger partial charge in [-0.15, -0.1) is 0 Å². The Morgan fingerprint density at radius 1 is 1.10 bits per heavy atom. The van der Waals surface area contributed by atoms with Crippen LogP contribution in [0.2, 0.25) is 0 Å². The van der Waals surface area contributed by atoms with Crippen LogP contribution in [-0.4, -0.2) is 84.9 Å². The van der Waals surface area contributed by atoms with Gasteiger partial charge < -0.3 is 14.4 Å². The van der Waals surface area contributed by atoms with Gasteiger partial charge in [0.15, 0.2) is 5.72 Å². The van der Waals surface area contributed by atoms with Crippen molar-refractivity contribution in [3.05, 3.63) is 35.9 Å². The predicted octanol–water partition coefficient (Wildman–Crippen LogP) is 2.12. The maximum atomic E-state index is 13.1. The molecule has 4 saturated heterocycles. The summed E-state index contributed by atoms with van der Waals surface area (Å²) in [7, 11) is 0. The third-order valence-corrected chi connectivity index (χ3v) is 7.14. The van der Waals surface area contributed by atoms with Crippen LogP contribution in [-0.2, 0) is 14.3 Å². The topological polar surface area (TPSA) is 45.2 Å². The number of carbonyl (C=O) groups excluding carboxylic acids is 1. The van der Waals surface area contributed by atoms with Crippen molar-refractivity contribution in [2.24, 2.45) is 5.41 Å². The molecule has 5 rings (SSSR count). The SMILES string of the molecule is CC(C)(CN1CCOCC1)CN1CC[C@@]23OC[C@@H](c4ccccc4)N2C(=O)C[C@@H]13. The van der Waals surface area contributed by atoms with E-state index in [4.69, 9.17) is 9.47 Å². The molecule has 0 saturated carbocycles. The van der Waals surface area contributed by atoms with E-state index in [1.54, 1.807) is 0 Å². The number of rotatable bonds is 5. The molecule has 1 aromatic rings. The highest BCUT2D eigenvalue weighted by molar-refractivity contribution is 5.82. The van der Waals surface area contributed by atoms with E-state index in [0.29, 0.717) is 13.0 Å². The Morgan fingerprint density at radius 3 is 2.62 bits per heavy atom. The number of benzene rings is 1. The van der Waals surface area contributed by atoms with E-state index < -0.39 is 5.72 Å². The highest BCUT2D eigenvalue weighted by atomic mass is 16.5. The first-order valence-electron chi connectivity index (χ1n) is 11.0. The molecular formula is C23H33N3O3. The lowest BCUT2D eigenvalue weighted by Crippen LogP contribution is -2.51. The van der Waals surface area contributed by atoms with Gasteiger partial charge >= 0.3 is 0 Å². The molecule has 6 heteroatoms. The summed E-state index contributed by atoms with van der Waals surface area (Å²) in [6, 6.07) is 10.6. The number of hydrogen-bond acceptors (Lipinski definition) is 5. The average Bonchev–Trinajstić information content (AvgIpc) is 3.33. The molecule has 0 unspecified atom stereocenters. The number of amides is 1. The second-order valence-corrected chi connectivity index (χ2v) is 9.84. The van der Waals surface area contributed by atoms with Gasteiger partial charge in [0.25, 0.3) is 0 Å². The molecule has 29 heavy (non-hydrogen) atoms. The van der Waals surface area contributed by atoms with Gasteiger partial charge in [-0.25, -0.2) is 0 Å². The lowest BCUT2D eigenvalue weighted by atomic mass is 9.91. The molecule has 4 heterocycles. The Morgan fingerprint density at radius 2 is 1.86 bits per heavy atom. The molecular weight excluding hydrogens is 366 g/mol. The van der Waals surface area contributed by atoms with Gasteiger partial charge in [0.1, 0.15) is 0 Å². The molecule has 0 aromatic heterocycles. The zero-order valence-electron chi connectivity index (χ0n) is 17.7. The van der Waals surface area contributed by atoms with Gasteiger partial charge in [-0.1, -0.05) is 44.2 Å². The van der Waals surface area contributed by atoms with E-state index in [1.807, 2.05) is 18.2 Å². The molecule has 4 fully saturated rings. The van der Waals surface area contributed by atoms with Gasteiger partial charge in [0, 0.05) is 45.6 Å². The molecule has 0 bridgehead atoms. The monoisotopic (exact) mass is 399 g/mol. The van der Waals surface area contributed by atoms with E-state index in [9.17, 15) is 4.79 Å². The predicted molar refractivity (Wildman–Crippen MR) is 110 cm³/mol. The van der Waals surface area contributed by atoms with Crippen molar-refractivity contribution in [3.8, 4) is 0 Å². The number of nitrogens with zero attached hydrogens (tertiary/aromatic N) is 3. The second kappa shape index (κ2) is 7.34. The van der Waals surface area contributed by atoms with Crippen LogP contribution in [0.5, 0.6) is 0 Å². The van der Waals surface area contributed by atoms with E-state index in [-0.39, 0.29) is 23.4 Å². The molecule has 1 aromatic carbocycles. The van der Waals surface area contributed by atoms with Crippen LogP contribution in [0.1, 0.15) is 38.3 Å². The Kier molecular flexibility index (Phi) is 4.93. The fourth-order valence-electron chi connectivity index (χ4n) is 6.00. The molecule has 1 spiro atoms.